The summed E-state index contributed by atoms with van der Waals surface area (Å²) in [5.41, 5.74) is -0.171. The molecule has 1 heterocycles. The molecular weight excluding hydrogens is 236 g/mol. The number of hydrogen-bond donors (Lipinski definition) is 2. The molecule has 2 fully saturated rings. The Morgan fingerprint density at radius 1 is 1.24 bits per heavy atom. The van der Waals surface area contributed by atoms with E-state index in [9.17, 15) is 4.79 Å². The number of rotatable bonds is 2. The highest BCUT2D eigenvalue weighted by molar-refractivity contribution is 5.85. The number of halogens is 1. The lowest BCUT2D eigenvalue weighted by Crippen LogP contribution is -2.51. The van der Waals surface area contributed by atoms with Crippen molar-refractivity contribution in [1.82, 2.24) is 10.6 Å². The predicted molar refractivity (Wildman–Crippen MR) is 72.5 cm³/mol. The van der Waals surface area contributed by atoms with E-state index in [-0.39, 0.29) is 23.7 Å². The summed E-state index contributed by atoms with van der Waals surface area (Å²) < 4.78 is 0. The lowest BCUT2D eigenvalue weighted by molar-refractivity contribution is -0.132. The van der Waals surface area contributed by atoms with Crippen LogP contribution in [0.5, 0.6) is 0 Å². The van der Waals surface area contributed by atoms with Crippen molar-refractivity contribution < 1.29 is 4.79 Å². The normalized spacial score (nSPS) is 30.4. The molecule has 4 heteroatoms. The Labute approximate surface area is 111 Å². The van der Waals surface area contributed by atoms with Crippen molar-refractivity contribution >= 4 is 18.3 Å². The first-order valence-electron chi connectivity index (χ1n) is 6.72. The van der Waals surface area contributed by atoms with E-state index in [0.717, 1.165) is 25.9 Å². The summed E-state index contributed by atoms with van der Waals surface area (Å²) >= 11 is 0. The van der Waals surface area contributed by atoms with E-state index in [0.29, 0.717) is 6.04 Å². The van der Waals surface area contributed by atoms with Crippen LogP contribution in [0.3, 0.4) is 0 Å². The number of amides is 1. The van der Waals surface area contributed by atoms with Crippen molar-refractivity contribution in [1.29, 1.82) is 0 Å². The maximum Gasteiger partial charge on any atom is 0.227 e. The van der Waals surface area contributed by atoms with Gasteiger partial charge >= 0.3 is 0 Å². The van der Waals surface area contributed by atoms with Gasteiger partial charge in [-0.15, -0.1) is 12.4 Å². The fourth-order valence-corrected chi connectivity index (χ4v) is 2.86. The highest BCUT2D eigenvalue weighted by atomic mass is 35.5. The van der Waals surface area contributed by atoms with E-state index in [1.807, 2.05) is 0 Å². The zero-order valence-corrected chi connectivity index (χ0v) is 11.6. The number of carbonyl (C=O) groups is 1. The third-order valence-electron chi connectivity index (χ3n) is 4.09. The van der Waals surface area contributed by atoms with Crippen molar-refractivity contribution in [3.63, 3.8) is 0 Å². The van der Waals surface area contributed by atoms with Gasteiger partial charge in [-0.3, -0.25) is 4.79 Å². The topological polar surface area (TPSA) is 41.1 Å². The summed E-state index contributed by atoms with van der Waals surface area (Å²) in [5.74, 6) is 0.270. The van der Waals surface area contributed by atoms with Gasteiger partial charge in [0, 0.05) is 12.6 Å². The van der Waals surface area contributed by atoms with E-state index < -0.39 is 0 Å². The van der Waals surface area contributed by atoms with Crippen LogP contribution in [0.4, 0.5) is 0 Å². The van der Waals surface area contributed by atoms with E-state index in [1.54, 1.807) is 0 Å². The summed E-state index contributed by atoms with van der Waals surface area (Å²) in [7, 11) is 0. The first kappa shape index (κ1) is 14.8. The highest BCUT2D eigenvalue weighted by Gasteiger charge is 2.35. The Morgan fingerprint density at radius 3 is 2.53 bits per heavy atom. The third kappa shape index (κ3) is 3.85. The molecule has 1 atom stereocenters. The van der Waals surface area contributed by atoms with Crippen LogP contribution in [0, 0.1) is 5.41 Å². The molecule has 2 N–H and O–H groups in total. The molecule has 3 nitrogen and oxygen atoms in total. The van der Waals surface area contributed by atoms with Crippen molar-refractivity contribution in [2.45, 2.75) is 57.9 Å². The van der Waals surface area contributed by atoms with Gasteiger partial charge < -0.3 is 10.6 Å². The van der Waals surface area contributed by atoms with Gasteiger partial charge in [-0.25, -0.2) is 0 Å². The minimum atomic E-state index is -0.171. The van der Waals surface area contributed by atoms with Gasteiger partial charge in [0.25, 0.3) is 0 Å². The summed E-state index contributed by atoms with van der Waals surface area (Å²) in [6.07, 6.45) is 8.39. The highest BCUT2D eigenvalue weighted by Crippen LogP contribution is 2.27. The molecule has 17 heavy (non-hydrogen) atoms. The van der Waals surface area contributed by atoms with E-state index >= 15 is 0 Å². The van der Waals surface area contributed by atoms with Gasteiger partial charge in [0.2, 0.25) is 5.91 Å². The molecule has 0 radical (unpaired) electrons. The smallest absolute Gasteiger partial charge is 0.227 e. The maximum absolute atomic E-state index is 12.2. The van der Waals surface area contributed by atoms with Crippen LogP contribution in [0.15, 0.2) is 0 Å². The molecule has 0 aromatic carbocycles. The van der Waals surface area contributed by atoms with Gasteiger partial charge in [-0.05, 0) is 39.2 Å². The van der Waals surface area contributed by atoms with E-state index in [4.69, 9.17) is 0 Å². The Balaban J connectivity index is 0.00000144. The van der Waals surface area contributed by atoms with Gasteiger partial charge in [-0.2, -0.15) is 0 Å². The second-order valence-corrected chi connectivity index (χ2v) is 5.65. The zero-order chi connectivity index (χ0) is 11.4. The van der Waals surface area contributed by atoms with Crippen molar-refractivity contribution in [2.24, 2.45) is 5.41 Å². The van der Waals surface area contributed by atoms with Crippen LogP contribution >= 0.6 is 12.4 Å². The number of nitrogens with one attached hydrogen (secondary N) is 2. The molecule has 1 aliphatic carbocycles. The molecule has 0 aromatic heterocycles. The Hall–Kier alpha value is -0.280. The van der Waals surface area contributed by atoms with Crippen molar-refractivity contribution in [2.75, 3.05) is 13.1 Å². The second-order valence-electron chi connectivity index (χ2n) is 5.65. The molecule has 100 valence electrons. The van der Waals surface area contributed by atoms with Gasteiger partial charge in [0.05, 0.1) is 5.41 Å². The fourth-order valence-electron chi connectivity index (χ4n) is 2.86. The summed E-state index contributed by atoms with van der Waals surface area (Å²) in [4.78, 5) is 12.2. The average molecular weight is 261 g/mol. The number of piperidine rings is 1. The molecule has 1 amide bonds. The molecule has 0 bridgehead atoms. The average Bonchev–Trinajstić information content (AvgIpc) is 2.31. The van der Waals surface area contributed by atoms with Gasteiger partial charge in [0.1, 0.15) is 0 Å². The van der Waals surface area contributed by atoms with Gasteiger partial charge in [0.15, 0.2) is 0 Å². The summed E-state index contributed by atoms with van der Waals surface area (Å²) in [6.45, 7) is 4.00. The van der Waals surface area contributed by atoms with Crippen molar-refractivity contribution in [3.05, 3.63) is 0 Å². The first-order valence-corrected chi connectivity index (χ1v) is 6.72. The number of hydrogen-bond acceptors (Lipinski definition) is 2. The minimum Gasteiger partial charge on any atom is -0.353 e. The lowest BCUT2D eigenvalue weighted by atomic mass is 9.81. The van der Waals surface area contributed by atoms with Gasteiger partial charge in [-0.1, -0.05) is 19.3 Å². The van der Waals surface area contributed by atoms with Crippen LogP contribution < -0.4 is 10.6 Å². The molecule has 1 saturated carbocycles. The molecule has 0 spiro atoms. The van der Waals surface area contributed by atoms with Crippen LogP contribution in [0.2, 0.25) is 0 Å². The second kappa shape index (κ2) is 6.60. The Bertz CT molecular complexity index is 246. The minimum absolute atomic E-state index is 0. The SMILES string of the molecule is CC1(C(=O)NC2CCCCC2)CCCNC1.Cl. The van der Waals surface area contributed by atoms with Crippen LogP contribution in [-0.2, 0) is 4.79 Å². The molecule has 1 unspecified atom stereocenters. The Kier molecular flexibility index (Phi) is 5.74. The first-order chi connectivity index (χ1) is 7.71. The molecule has 2 aliphatic rings. The van der Waals surface area contributed by atoms with Crippen molar-refractivity contribution in [3.8, 4) is 0 Å². The molecule has 0 aromatic rings. The fraction of sp³-hybridized carbons (Fsp3) is 0.923. The van der Waals surface area contributed by atoms with E-state index in [1.165, 1.54) is 32.1 Å². The quantitative estimate of drug-likeness (QED) is 0.800. The van der Waals surface area contributed by atoms with Crippen LogP contribution in [0.25, 0.3) is 0 Å². The molecule has 1 saturated heterocycles. The predicted octanol–water partition coefficient (Wildman–Crippen LogP) is 2.25. The molecular formula is C13H25ClN2O. The largest absolute Gasteiger partial charge is 0.353 e. The van der Waals surface area contributed by atoms with E-state index in [2.05, 4.69) is 17.6 Å². The standard InChI is InChI=1S/C13H24N2O.ClH/c1-13(8-5-9-14-10-13)12(16)15-11-6-3-2-4-7-11;/h11,14H,2-10H2,1H3,(H,15,16);1H. The monoisotopic (exact) mass is 260 g/mol. The zero-order valence-electron chi connectivity index (χ0n) is 10.8. The maximum atomic E-state index is 12.2. The summed E-state index contributed by atoms with van der Waals surface area (Å²) in [5, 5.41) is 6.58. The lowest BCUT2D eigenvalue weighted by Gasteiger charge is -2.35. The third-order valence-corrected chi connectivity index (χ3v) is 4.09. The molecule has 2 rings (SSSR count). The molecule has 1 aliphatic heterocycles. The van der Waals surface area contributed by atoms with Crippen LogP contribution in [0.1, 0.15) is 51.9 Å². The summed E-state index contributed by atoms with van der Waals surface area (Å²) in [6, 6.07) is 0.444. The van der Waals surface area contributed by atoms with Crippen LogP contribution in [-0.4, -0.2) is 25.0 Å². The Morgan fingerprint density at radius 2 is 1.94 bits per heavy atom. The number of carbonyl (C=O) groups excluding carboxylic acids is 1.